The van der Waals surface area contributed by atoms with Gasteiger partial charge in [-0.05, 0) is 44.8 Å². The molecule has 1 aromatic carbocycles. The number of anilines is 1. The quantitative estimate of drug-likeness (QED) is 0.835. The second-order valence-electron chi connectivity index (χ2n) is 7.67. The molecule has 0 unspecified atom stereocenters. The van der Waals surface area contributed by atoms with E-state index in [1.54, 1.807) is 0 Å². The maximum atomic E-state index is 11.4. The molecule has 0 saturated carbocycles. The van der Waals surface area contributed by atoms with Crippen molar-refractivity contribution in [3.8, 4) is 0 Å². The first kappa shape index (κ1) is 19.5. The molecular formula is C19H29BN2O3. The van der Waals surface area contributed by atoms with Crippen molar-refractivity contribution in [3.63, 3.8) is 0 Å². The first-order valence-corrected chi connectivity index (χ1v) is 8.60. The molecule has 0 aliphatic carbocycles. The lowest BCUT2D eigenvalue weighted by Crippen LogP contribution is -2.41. The zero-order chi connectivity index (χ0) is 18.8. The van der Waals surface area contributed by atoms with Gasteiger partial charge in [0.25, 0.3) is 0 Å². The number of hydrogen-bond donors (Lipinski definition) is 1. The Morgan fingerprint density at radius 2 is 1.72 bits per heavy atom. The Bertz CT molecular complexity index is 652. The molecule has 1 fully saturated rings. The summed E-state index contributed by atoms with van der Waals surface area (Å²) in [5.74, 6) is -0.0803. The summed E-state index contributed by atoms with van der Waals surface area (Å²) in [4.78, 5) is 13.5. The van der Waals surface area contributed by atoms with Crippen LogP contribution in [0.15, 0.2) is 29.7 Å². The zero-order valence-electron chi connectivity index (χ0n) is 16.3. The lowest BCUT2D eigenvalue weighted by Gasteiger charge is -2.32. The van der Waals surface area contributed by atoms with Gasteiger partial charge < -0.3 is 19.5 Å². The molecular weight excluding hydrogens is 315 g/mol. The molecule has 1 amide bonds. The zero-order valence-corrected chi connectivity index (χ0v) is 16.3. The van der Waals surface area contributed by atoms with Crippen molar-refractivity contribution in [1.29, 1.82) is 0 Å². The third kappa shape index (κ3) is 4.44. The lowest BCUT2D eigenvalue weighted by atomic mass is 9.76. The second-order valence-corrected chi connectivity index (χ2v) is 7.67. The van der Waals surface area contributed by atoms with E-state index in [2.05, 4.69) is 16.3 Å². The largest absolute Gasteiger partial charge is 0.492 e. The monoisotopic (exact) mass is 344 g/mol. The predicted molar refractivity (Wildman–Crippen MR) is 104 cm³/mol. The van der Waals surface area contributed by atoms with Crippen LogP contribution in [0.25, 0.3) is 6.08 Å². The van der Waals surface area contributed by atoms with Gasteiger partial charge in [-0.3, -0.25) is 4.79 Å². The third-order valence-corrected chi connectivity index (χ3v) is 4.86. The van der Waals surface area contributed by atoms with Crippen LogP contribution in [-0.2, 0) is 14.1 Å². The highest BCUT2D eigenvalue weighted by atomic mass is 16.7. The number of rotatable bonds is 5. The van der Waals surface area contributed by atoms with E-state index in [1.807, 2.05) is 66.1 Å². The molecule has 1 heterocycles. The van der Waals surface area contributed by atoms with Crippen molar-refractivity contribution in [2.24, 2.45) is 0 Å². The van der Waals surface area contributed by atoms with Gasteiger partial charge in [0.15, 0.2) is 0 Å². The average Bonchev–Trinajstić information content (AvgIpc) is 2.71. The summed E-state index contributed by atoms with van der Waals surface area (Å²) in [6.45, 7) is 9.99. The smallest absolute Gasteiger partial charge is 0.400 e. The van der Waals surface area contributed by atoms with Crippen molar-refractivity contribution >= 4 is 24.8 Å². The van der Waals surface area contributed by atoms with Crippen molar-refractivity contribution < 1.29 is 14.1 Å². The number of carbonyl (C=O) groups is 1. The molecule has 0 spiro atoms. The summed E-state index contributed by atoms with van der Waals surface area (Å²) in [7, 11) is 3.52. The number of carbonyl (C=O) groups excluding carboxylic acids is 1. The predicted octanol–water partition coefficient (Wildman–Crippen LogP) is 2.90. The Morgan fingerprint density at radius 3 is 2.24 bits per heavy atom. The molecule has 25 heavy (non-hydrogen) atoms. The second kappa shape index (κ2) is 7.22. The summed E-state index contributed by atoms with van der Waals surface area (Å²) < 4.78 is 12.4. The van der Waals surface area contributed by atoms with Crippen LogP contribution in [0.4, 0.5) is 5.69 Å². The van der Waals surface area contributed by atoms with Crippen molar-refractivity contribution in [2.75, 3.05) is 25.5 Å². The van der Waals surface area contributed by atoms with E-state index in [9.17, 15) is 4.79 Å². The minimum Gasteiger partial charge on any atom is -0.400 e. The van der Waals surface area contributed by atoms with E-state index < -0.39 is 18.3 Å². The molecule has 0 radical (unpaired) electrons. The molecule has 6 heteroatoms. The molecule has 0 bridgehead atoms. The van der Waals surface area contributed by atoms with Gasteiger partial charge in [-0.15, -0.1) is 0 Å². The van der Waals surface area contributed by atoms with Gasteiger partial charge in [0.05, 0.1) is 11.2 Å². The lowest BCUT2D eigenvalue weighted by molar-refractivity contribution is -0.118. The number of nitrogens with zero attached hydrogens (tertiary/aromatic N) is 1. The maximum absolute atomic E-state index is 11.4. The summed E-state index contributed by atoms with van der Waals surface area (Å²) in [6, 6.07) is 8.12. The number of benzene rings is 1. The number of nitrogens with one attached hydrogen (secondary N) is 1. The van der Waals surface area contributed by atoms with Gasteiger partial charge in [0.2, 0.25) is 5.91 Å². The molecule has 5 nitrogen and oxygen atoms in total. The minimum absolute atomic E-state index is 0.0803. The molecule has 2 rings (SSSR count). The van der Waals surface area contributed by atoms with Crippen molar-refractivity contribution in [1.82, 2.24) is 5.32 Å². The molecule has 0 atom stereocenters. The molecule has 136 valence electrons. The van der Waals surface area contributed by atoms with Gasteiger partial charge >= 0.3 is 7.12 Å². The molecule has 1 aliphatic rings. The first-order chi connectivity index (χ1) is 11.5. The van der Waals surface area contributed by atoms with Crippen LogP contribution in [0.1, 0.15) is 40.2 Å². The molecule has 1 aromatic rings. The van der Waals surface area contributed by atoms with Crippen LogP contribution in [0, 0.1) is 0 Å². The maximum Gasteiger partial charge on any atom is 0.492 e. The SMILES string of the molecule is CC(=O)NCC(=Cc1ccccc1N(C)C)B1OC(C)(C)C(C)(C)O1. The fourth-order valence-corrected chi connectivity index (χ4v) is 2.64. The van der Waals surface area contributed by atoms with Gasteiger partial charge in [0, 0.05) is 33.3 Å². The standard InChI is InChI=1S/C19H29BN2O3/c1-14(23)21-13-16(20-24-18(2,3)19(4,5)25-20)12-15-10-8-9-11-17(15)22(6)7/h8-12H,13H2,1-7H3,(H,21,23). The highest BCUT2D eigenvalue weighted by Gasteiger charge is 2.52. The Hall–Kier alpha value is -1.79. The first-order valence-electron chi connectivity index (χ1n) is 8.60. The molecule has 1 saturated heterocycles. The van der Waals surface area contributed by atoms with E-state index in [4.69, 9.17) is 9.31 Å². The van der Waals surface area contributed by atoms with E-state index >= 15 is 0 Å². The van der Waals surface area contributed by atoms with Crippen LogP contribution >= 0.6 is 0 Å². The van der Waals surface area contributed by atoms with E-state index in [0.717, 1.165) is 16.7 Å². The van der Waals surface area contributed by atoms with Crippen LogP contribution < -0.4 is 10.2 Å². The highest BCUT2D eigenvalue weighted by molar-refractivity contribution is 6.56. The molecule has 1 aliphatic heterocycles. The van der Waals surface area contributed by atoms with E-state index in [0.29, 0.717) is 6.54 Å². The average molecular weight is 344 g/mol. The van der Waals surface area contributed by atoms with Gasteiger partial charge in [-0.1, -0.05) is 24.3 Å². The Balaban J connectivity index is 2.39. The molecule has 1 N–H and O–H groups in total. The normalized spacial score (nSPS) is 19.0. The summed E-state index contributed by atoms with van der Waals surface area (Å²) in [5, 5.41) is 2.87. The Kier molecular flexibility index (Phi) is 5.64. The molecule has 0 aromatic heterocycles. The summed E-state index contributed by atoms with van der Waals surface area (Å²) in [5.41, 5.74) is 2.20. The van der Waals surface area contributed by atoms with E-state index in [1.165, 1.54) is 6.92 Å². The van der Waals surface area contributed by atoms with Gasteiger partial charge in [-0.25, -0.2) is 0 Å². The van der Waals surface area contributed by atoms with E-state index in [-0.39, 0.29) is 5.91 Å². The number of hydrogen-bond acceptors (Lipinski definition) is 4. The number of amides is 1. The Morgan fingerprint density at radius 1 is 1.16 bits per heavy atom. The van der Waals surface area contributed by atoms with Crippen LogP contribution in [0.2, 0.25) is 0 Å². The van der Waals surface area contributed by atoms with Crippen LogP contribution in [0.5, 0.6) is 0 Å². The van der Waals surface area contributed by atoms with Crippen molar-refractivity contribution in [3.05, 3.63) is 35.3 Å². The Labute approximate surface area is 151 Å². The van der Waals surface area contributed by atoms with Gasteiger partial charge in [0.1, 0.15) is 0 Å². The van der Waals surface area contributed by atoms with Crippen molar-refractivity contribution in [2.45, 2.75) is 45.8 Å². The third-order valence-electron chi connectivity index (χ3n) is 4.86. The number of para-hydroxylation sites is 1. The van der Waals surface area contributed by atoms with Gasteiger partial charge in [-0.2, -0.15) is 0 Å². The highest BCUT2D eigenvalue weighted by Crippen LogP contribution is 2.39. The fraction of sp³-hybridized carbons (Fsp3) is 0.526. The fourth-order valence-electron chi connectivity index (χ4n) is 2.64. The topological polar surface area (TPSA) is 50.8 Å². The minimum atomic E-state index is -0.493. The summed E-state index contributed by atoms with van der Waals surface area (Å²) >= 11 is 0. The van der Waals surface area contributed by atoms with Crippen LogP contribution in [-0.4, -0.2) is 44.9 Å². The van der Waals surface area contributed by atoms with Crippen LogP contribution in [0.3, 0.4) is 0 Å². The summed E-state index contributed by atoms with van der Waals surface area (Å²) in [6.07, 6.45) is 2.05.